The van der Waals surface area contributed by atoms with Crippen LogP contribution in [0.5, 0.6) is 0 Å². The summed E-state index contributed by atoms with van der Waals surface area (Å²) in [5.41, 5.74) is 0. The Morgan fingerprint density at radius 2 is 1.20 bits per heavy atom. The van der Waals surface area contributed by atoms with E-state index in [4.69, 9.17) is 18.9 Å². The van der Waals surface area contributed by atoms with E-state index in [-0.39, 0.29) is 0 Å². The molecule has 0 aliphatic rings. The zero-order valence-corrected chi connectivity index (χ0v) is 12.4. The first-order valence-corrected chi connectivity index (χ1v) is 6.56. The Hall–Kier alpha value is -1.20. The molecule has 0 unspecified atom stereocenters. The summed E-state index contributed by atoms with van der Waals surface area (Å²) in [6, 6.07) is 0. The molecule has 0 heterocycles. The van der Waals surface area contributed by atoms with Gasteiger partial charge in [-0.1, -0.05) is 24.3 Å². The van der Waals surface area contributed by atoms with Crippen LogP contribution >= 0.6 is 0 Å². The van der Waals surface area contributed by atoms with E-state index < -0.39 is 12.1 Å². The van der Waals surface area contributed by atoms with Crippen molar-refractivity contribution in [2.24, 2.45) is 0 Å². The Morgan fingerprint density at radius 1 is 0.800 bits per heavy atom. The first kappa shape index (κ1) is 18.8. The number of rotatable bonds is 14. The second-order valence-corrected chi connectivity index (χ2v) is 4.21. The van der Waals surface area contributed by atoms with Crippen molar-refractivity contribution >= 4 is 0 Å². The molecule has 0 aliphatic carbocycles. The van der Waals surface area contributed by atoms with Crippen LogP contribution in [0.3, 0.4) is 0 Å². The minimum absolute atomic E-state index is 0.378. The van der Waals surface area contributed by atoms with Gasteiger partial charge in [-0.2, -0.15) is 0 Å². The molecule has 0 aromatic heterocycles. The predicted molar refractivity (Wildman–Crippen MR) is 81.4 cm³/mol. The van der Waals surface area contributed by atoms with Gasteiger partial charge < -0.3 is 18.9 Å². The lowest BCUT2D eigenvalue weighted by molar-refractivity contribution is -0.258. The summed E-state index contributed by atoms with van der Waals surface area (Å²) in [5.74, 6) is -0.838. The largest absolute Gasteiger partial charge is 0.348 e. The van der Waals surface area contributed by atoms with Crippen LogP contribution in [0.25, 0.3) is 0 Å². The lowest BCUT2D eigenvalue weighted by Crippen LogP contribution is -2.38. The molecule has 0 aromatic rings. The van der Waals surface area contributed by atoms with Gasteiger partial charge in [-0.3, -0.25) is 0 Å². The minimum atomic E-state index is -0.838. The third kappa shape index (κ3) is 8.82. The summed E-state index contributed by atoms with van der Waals surface area (Å²) in [6.45, 7) is 17.9. The minimum Gasteiger partial charge on any atom is -0.348 e. The van der Waals surface area contributed by atoms with E-state index in [0.29, 0.717) is 32.8 Å². The average molecular weight is 282 g/mol. The molecule has 4 nitrogen and oxygen atoms in total. The lowest BCUT2D eigenvalue weighted by Gasteiger charge is -2.32. The number of ether oxygens (including phenoxy) is 4. The van der Waals surface area contributed by atoms with Gasteiger partial charge in [0.05, 0.1) is 32.8 Å². The second-order valence-electron chi connectivity index (χ2n) is 4.21. The SMILES string of the molecule is C=CCOC(CC(C)(OCC=C)OCC=C)OCC=C. The molecule has 0 saturated heterocycles. The molecule has 0 radical (unpaired) electrons. The molecule has 0 fully saturated rings. The van der Waals surface area contributed by atoms with Crippen molar-refractivity contribution in [3.05, 3.63) is 50.6 Å². The van der Waals surface area contributed by atoms with Gasteiger partial charge in [0.1, 0.15) is 0 Å². The van der Waals surface area contributed by atoms with Gasteiger partial charge in [0.15, 0.2) is 12.1 Å². The fourth-order valence-corrected chi connectivity index (χ4v) is 1.45. The summed E-state index contributed by atoms with van der Waals surface area (Å²) in [5, 5.41) is 0. The molecule has 0 N–H and O–H groups in total. The summed E-state index contributed by atoms with van der Waals surface area (Å²) < 4.78 is 22.4. The highest BCUT2D eigenvalue weighted by Crippen LogP contribution is 2.22. The van der Waals surface area contributed by atoms with E-state index in [9.17, 15) is 0 Å². The molecule has 0 aliphatic heterocycles. The van der Waals surface area contributed by atoms with Crippen LogP contribution in [-0.4, -0.2) is 38.5 Å². The molecule has 0 aromatic carbocycles. The fraction of sp³-hybridized carbons (Fsp3) is 0.500. The lowest BCUT2D eigenvalue weighted by atomic mass is 10.2. The highest BCUT2D eigenvalue weighted by Gasteiger charge is 2.30. The molecule has 0 spiro atoms. The van der Waals surface area contributed by atoms with Crippen LogP contribution < -0.4 is 0 Å². The van der Waals surface area contributed by atoms with Crippen molar-refractivity contribution < 1.29 is 18.9 Å². The molecular weight excluding hydrogens is 256 g/mol. The van der Waals surface area contributed by atoms with Crippen molar-refractivity contribution in [2.75, 3.05) is 26.4 Å². The second kappa shape index (κ2) is 11.6. The number of hydrogen-bond donors (Lipinski definition) is 0. The van der Waals surface area contributed by atoms with E-state index in [1.165, 1.54) is 0 Å². The Balaban J connectivity index is 4.63. The van der Waals surface area contributed by atoms with Crippen molar-refractivity contribution in [1.82, 2.24) is 0 Å². The Kier molecular flexibility index (Phi) is 10.9. The number of hydrogen-bond acceptors (Lipinski definition) is 4. The van der Waals surface area contributed by atoms with Crippen LogP contribution in [0.4, 0.5) is 0 Å². The van der Waals surface area contributed by atoms with Crippen molar-refractivity contribution in [2.45, 2.75) is 25.4 Å². The molecule has 114 valence electrons. The van der Waals surface area contributed by atoms with Gasteiger partial charge in [-0.15, -0.1) is 26.3 Å². The predicted octanol–water partition coefficient (Wildman–Crippen LogP) is 3.23. The van der Waals surface area contributed by atoms with Crippen LogP contribution in [0.15, 0.2) is 50.6 Å². The third-order valence-corrected chi connectivity index (χ3v) is 2.35. The van der Waals surface area contributed by atoms with E-state index in [0.717, 1.165) is 0 Å². The Bertz CT molecular complexity index is 275. The van der Waals surface area contributed by atoms with E-state index in [2.05, 4.69) is 26.3 Å². The standard InChI is InChI=1S/C16H26O4/c1-6-10-17-15(18-11-7-2)14-16(5,19-12-8-3)20-13-9-4/h6-9,15H,1-4,10-14H2,5H3. The van der Waals surface area contributed by atoms with E-state index >= 15 is 0 Å². The summed E-state index contributed by atoms with van der Waals surface area (Å²) in [7, 11) is 0. The molecule has 0 saturated carbocycles. The monoisotopic (exact) mass is 282 g/mol. The molecule has 0 amide bonds. The highest BCUT2D eigenvalue weighted by atomic mass is 16.7. The van der Waals surface area contributed by atoms with Gasteiger partial charge in [0.25, 0.3) is 0 Å². The Morgan fingerprint density at radius 3 is 1.55 bits per heavy atom. The van der Waals surface area contributed by atoms with Gasteiger partial charge in [-0.05, 0) is 6.92 Å². The highest BCUT2D eigenvalue weighted by molar-refractivity contribution is 4.76. The summed E-state index contributed by atoms with van der Waals surface area (Å²) in [4.78, 5) is 0. The van der Waals surface area contributed by atoms with Gasteiger partial charge in [0.2, 0.25) is 0 Å². The maximum Gasteiger partial charge on any atom is 0.171 e. The van der Waals surface area contributed by atoms with Crippen LogP contribution in [0.2, 0.25) is 0 Å². The zero-order chi connectivity index (χ0) is 15.3. The smallest absolute Gasteiger partial charge is 0.171 e. The molecular formula is C16H26O4. The third-order valence-electron chi connectivity index (χ3n) is 2.35. The quantitative estimate of drug-likeness (QED) is 0.362. The first-order chi connectivity index (χ1) is 9.61. The molecule has 0 atom stereocenters. The molecule has 4 heteroatoms. The van der Waals surface area contributed by atoms with Gasteiger partial charge in [-0.25, -0.2) is 0 Å². The average Bonchev–Trinajstić information content (AvgIpc) is 2.46. The fourth-order valence-electron chi connectivity index (χ4n) is 1.45. The first-order valence-electron chi connectivity index (χ1n) is 6.56. The topological polar surface area (TPSA) is 36.9 Å². The van der Waals surface area contributed by atoms with E-state index in [1.54, 1.807) is 24.3 Å². The van der Waals surface area contributed by atoms with Crippen LogP contribution in [-0.2, 0) is 18.9 Å². The maximum atomic E-state index is 5.67. The zero-order valence-electron chi connectivity index (χ0n) is 12.4. The van der Waals surface area contributed by atoms with E-state index in [1.807, 2.05) is 6.92 Å². The summed E-state index contributed by atoms with van der Waals surface area (Å²) in [6.07, 6.45) is 6.61. The normalized spacial score (nSPS) is 11.3. The molecule has 0 rings (SSSR count). The molecule has 20 heavy (non-hydrogen) atoms. The molecule has 0 bridgehead atoms. The van der Waals surface area contributed by atoms with Gasteiger partial charge in [0, 0.05) is 0 Å². The van der Waals surface area contributed by atoms with Crippen molar-refractivity contribution in [1.29, 1.82) is 0 Å². The maximum absolute atomic E-state index is 5.67. The van der Waals surface area contributed by atoms with Gasteiger partial charge >= 0.3 is 0 Å². The van der Waals surface area contributed by atoms with Crippen molar-refractivity contribution in [3.63, 3.8) is 0 Å². The van der Waals surface area contributed by atoms with Crippen LogP contribution in [0.1, 0.15) is 13.3 Å². The summed E-state index contributed by atoms with van der Waals surface area (Å²) >= 11 is 0. The van der Waals surface area contributed by atoms with Crippen molar-refractivity contribution in [3.8, 4) is 0 Å². The Labute approximate surface area is 122 Å². The van der Waals surface area contributed by atoms with Crippen LogP contribution in [0, 0.1) is 0 Å².